The average Bonchev–Trinajstić information content (AvgIpc) is 2.93. The van der Waals surface area contributed by atoms with Crippen LogP contribution in [0.4, 0.5) is 22.1 Å². The Morgan fingerprint density at radius 1 is 1.00 bits per heavy atom. The summed E-state index contributed by atoms with van der Waals surface area (Å²) in [5.41, 5.74) is 0.614. The molecule has 2 fully saturated rings. The number of likely N-dealkylation sites (N-methyl/N-ethyl adjacent to an activating group) is 1. The quantitative estimate of drug-likeness (QED) is 0.464. The van der Waals surface area contributed by atoms with E-state index < -0.39 is 5.60 Å². The van der Waals surface area contributed by atoms with Crippen LogP contribution in [0, 0.1) is 11.3 Å². The number of ether oxygens (including phenoxy) is 1. The number of piperazine rings is 1. The molecule has 11 nitrogen and oxygen atoms in total. The van der Waals surface area contributed by atoms with Crippen LogP contribution in [0.5, 0.6) is 0 Å². The van der Waals surface area contributed by atoms with Crippen molar-refractivity contribution in [3.63, 3.8) is 0 Å². The molecular weight excluding hydrogens is 544 g/mol. The lowest BCUT2D eigenvalue weighted by atomic mass is 9.88. The van der Waals surface area contributed by atoms with E-state index in [1.165, 1.54) is 0 Å². The zero-order valence-electron chi connectivity index (χ0n) is 26.6. The van der Waals surface area contributed by atoms with E-state index in [1.807, 2.05) is 63.5 Å². The minimum absolute atomic E-state index is 0.0230. The van der Waals surface area contributed by atoms with E-state index in [-0.39, 0.29) is 35.3 Å². The molecule has 2 heterocycles. The number of nitriles is 1. The maximum Gasteiger partial charge on any atom is 0.410 e. The molecule has 2 amide bonds. The van der Waals surface area contributed by atoms with E-state index in [4.69, 9.17) is 4.74 Å². The first kappa shape index (κ1) is 32.0. The van der Waals surface area contributed by atoms with Gasteiger partial charge >= 0.3 is 6.09 Å². The number of carbonyl (C=O) groups is 2. The number of rotatable bonds is 6. The molecular formula is C32H46N8O3. The van der Waals surface area contributed by atoms with Crippen molar-refractivity contribution in [1.82, 2.24) is 24.7 Å². The average molecular weight is 591 g/mol. The van der Waals surface area contributed by atoms with Gasteiger partial charge in [0, 0.05) is 55.1 Å². The van der Waals surface area contributed by atoms with Crippen molar-refractivity contribution in [1.29, 1.82) is 5.26 Å². The Bertz CT molecular complexity index is 1310. The molecule has 2 N–H and O–H groups in total. The lowest BCUT2D eigenvalue weighted by Crippen LogP contribution is -2.54. The van der Waals surface area contributed by atoms with Crippen LogP contribution in [0.3, 0.4) is 0 Å². The van der Waals surface area contributed by atoms with Gasteiger partial charge in [-0.15, -0.1) is 0 Å². The fourth-order valence-electron chi connectivity index (χ4n) is 5.62. The number of anilines is 3. The van der Waals surface area contributed by atoms with Crippen LogP contribution in [0.25, 0.3) is 0 Å². The van der Waals surface area contributed by atoms with Crippen LogP contribution in [-0.4, -0.2) is 93.1 Å². The summed E-state index contributed by atoms with van der Waals surface area (Å²) in [6.07, 6.45) is 4.68. The zero-order valence-corrected chi connectivity index (χ0v) is 26.6. The number of hydrogen-bond donors (Lipinski definition) is 2. The fourth-order valence-corrected chi connectivity index (χ4v) is 5.62. The van der Waals surface area contributed by atoms with Crippen molar-refractivity contribution in [2.75, 3.05) is 43.9 Å². The molecule has 43 heavy (non-hydrogen) atoms. The van der Waals surface area contributed by atoms with Crippen LogP contribution >= 0.6 is 0 Å². The number of hydrogen-bond acceptors (Lipinski definition) is 9. The summed E-state index contributed by atoms with van der Waals surface area (Å²) in [4.78, 5) is 40.9. The van der Waals surface area contributed by atoms with E-state index >= 15 is 0 Å². The summed E-state index contributed by atoms with van der Waals surface area (Å²) < 4.78 is 5.73. The van der Waals surface area contributed by atoms with Crippen LogP contribution in [-0.2, 0) is 4.74 Å². The first-order valence-corrected chi connectivity index (χ1v) is 15.1. The molecule has 11 heteroatoms. The summed E-state index contributed by atoms with van der Waals surface area (Å²) in [5.74, 6) is 0.949. The van der Waals surface area contributed by atoms with Crippen molar-refractivity contribution in [2.45, 2.75) is 90.4 Å². The monoisotopic (exact) mass is 590 g/mol. The molecule has 0 radical (unpaired) electrons. The Labute approximate surface area is 255 Å². The van der Waals surface area contributed by atoms with Crippen molar-refractivity contribution >= 4 is 29.3 Å². The third kappa shape index (κ3) is 8.57. The first-order valence-electron chi connectivity index (χ1n) is 15.1. The van der Waals surface area contributed by atoms with Gasteiger partial charge in [0.15, 0.2) is 11.5 Å². The van der Waals surface area contributed by atoms with Crippen LogP contribution in [0.2, 0.25) is 0 Å². The van der Waals surface area contributed by atoms with Crippen LogP contribution in [0.1, 0.15) is 83.3 Å². The second-order valence-electron chi connectivity index (χ2n) is 13.5. The molecule has 2 aliphatic rings. The van der Waals surface area contributed by atoms with Gasteiger partial charge < -0.3 is 30.1 Å². The second-order valence-corrected chi connectivity index (χ2v) is 13.5. The van der Waals surface area contributed by atoms with E-state index in [0.717, 1.165) is 51.9 Å². The Balaban J connectivity index is 1.38. The third-order valence-corrected chi connectivity index (χ3v) is 7.79. The molecule has 1 aliphatic carbocycles. The van der Waals surface area contributed by atoms with Gasteiger partial charge in [-0.05, 0) is 98.5 Å². The molecule has 4 rings (SSSR count). The number of nitrogens with zero attached hydrogens (tertiary/aromatic N) is 6. The van der Waals surface area contributed by atoms with Gasteiger partial charge in [0.1, 0.15) is 17.5 Å². The van der Waals surface area contributed by atoms with E-state index in [0.29, 0.717) is 22.9 Å². The number of nitrogens with one attached hydrogen (secondary N) is 2. The highest BCUT2D eigenvalue weighted by atomic mass is 16.6. The number of aromatic nitrogens is 2. The summed E-state index contributed by atoms with van der Waals surface area (Å²) in [6.45, 7) is 15.0. The topological polar surface area (TPSA) is 127 Å². The Kier molecular flexibility index (Phi) is 9.80. The van der Waals surface area contributed by atoms with Crippen LogP contribution < -0.4 is 10.6 Å². The highest BCUT2D eigenvalue weighted by Gasteiger charge is 2.38. The van der Waals surface area contributed by atoms with Crippen molar-refractivity contribution in [3.8, 4) is 6.07 Å². The lowest BCUT2D eigenvalue weighted by molar-refractivity contribution is -0.0133. The number of amides is 2. The van der Waals surface area contributed by atoms with Gasteiger partial charge in [-0.2, -0.15) is 5.26 Å². The lowest BCUT2D eigenvalue weighted by Gasteiger charge is -2.44. The smallest absolute Gasteiger partial charge is 0.410 e. The highest BCUT2D eigenvalue weighted by molar-refractivity contribution is 5.94. The normalized spacial score (nSPS) is 19.7. The molecule has 1 saturated heterocycles. The Morgan fingerprint density at radius 3 is 2.19 bits per heavy atom. The van der Waals surface area contributed by atoms with Crippen molar-refractivity contribution in [2.24, 2.45) is 0 Å². The summed E-state index contributed by atoms with van der Waals surface area (Å²) in [7, 11) is 2.06. The summed E-state index contributed by atoms with van der Waals surface area (Å²) in [6, 6.07) is 9.57. The largest absolute Gasteiger partial charge is 0.444 e. The Morgan fingerprint density at radius 2 is 1.63 bits per heavy atom. The molecule has 1 aliphatic heterocycles. The van der Waals surface area contributed by atoms with Crippen molar-refractivity contribution in [3.05, 3.63) is 41.7 Å². The van der Waals surface area contributed by atoms with E-state index in [2.05, 4.69) is 38.6 Å². The molecule has 0 atom stereocenters. The molecule has 0 bridgehead atoms. The number of carbonyl (C=O) groups excluding carboxylic acids is 2. The van der Waals surface area contributed by atoms with Gasteiger partial charge in [-0.1, -0.05) is 0 Å². The van der Waals surface area contributed by atoms with Gasteiger partial charge in [-0.25, -0.2) is 14.8 Å². The maximum absolute atomic E-state index is 13.1. The third-order valence-electron chi connectivity index (χ3n) is 7.79. The van der Waals surface area contributed by atoms with Crippen LogP contribution in [0.15, 0.2) is 30.5 Å². The summed E-state index contributed by atoms with van der Waals surface area (Å²) in [5, 5.41) is 16.3. The van der Waals surface area contributed by atoms with E-state index in [1.54, 1.807) is 18.3 Å². The van der Waals surface area contributed by atoms with Gasteiger partial charge in [0.2, 0.25) is 0 Å². The van der Waals surface area contributed by atoms with Gasteiger partial charge in [-0.3, -0.25) is 4.79 Å². The zero-order chi connectivity index (χ0) is 31.4. The molecule has 0 spiro atoms. The molecule has 1 aromatic carbocycles. The number of benzene rings is 1. The minimum atomic E-state index is -0.552. The van der Waals surface area contributed by atoms with Gasteiger partial charge in [0.25, 0.3) is 5.91 Å². The standard InChI is InChI=1S/C32H46N8O3/c1-31(2,3)40(30(42)43-32(4,5)6)25-14-12-23(13-15-25)35-27-21-34-26(20-33)28(37-27)36-24-10-8-22(9-11-24)29(41)39-18-16-38(7)17-19-39/h8-11,21,23,25H,12-19H2,1-7H3,(H2,35,36,37)/t23-,25-. The molecule has 0 unspecified atom stereocenters. The minimum Gasteiger partial charge on any atom is -0.444 e. The van der Waals surface area contributed by atoms with E-state index in [9.17, 15) is 14.9 Å². The summed E-state index contributed by atoms with van der Waals surface area (Å²) >= 11 is 0. The van der Waals surface area contributed by atoms with Crippen molar-refractivity contribution < 1.29 is 14.3 Å². The maximum atomic E-state index is 13.1. The molecule has 1 saturated carbocycles. The SMILES string of the molecule is CN1CCN(C(=O)c2ccc(Nc3nc(N[C@H]4CC[C@H](N(C(=O)OC(C)(C)C)C(C)(C)C)CC4)cnc3C#N)cc2)CC1. The fraction of sp³-hybridized carbons (Fsp3) is 0.594. The highest BCUT2D eigenvalue weighted by Crippen LogP contribution is 2.31. The molecule has 1 aromatic heterocycles. The molecule has 232 valence electrons. The predicted molar refractivity (Wildman–Crippen MR) is 167 cm³/mol. The van der Waals surface area contributed by atoms with Gasteiger partial charge in [0.05, 0.1) is 6.20 Å². The first-order chi connectivity index (χ1) is 20.2. The Hall–Kier alpha value is -3.91. The molecule has 2 aromatic rings. The predicted octanol–water partition coefficient (Wildman–Crippen LogP) is 5.24. The second kappa shape index (κ2) is 13.2.